The van der Waals surface area contributed by atoms with Crippen molar-refractivity contribution < 1.29 is 28.7 Å². The molecule has 200 valence electrons. The van der Waals surface area contributed by atoms with Crippen molar-refractivity contribution in [2.75, 3.05) is 12.4 Å². The maximum absolute atomic E-state index is 13.6. The fourth-order valence-electron chi connectivity index (χ4n) is 3.44. The molecule has 0 saturated carbocycles. The number of methoxy groups -OCH3 is 1. The Hall–Kier alpha value is -4.78. The normalized spacial score (nSPS) is 12.2. The summed E-state index contributed by atoms with van der Waals surface area (Å²) in [6.07, 6.45) is 5.77. The molecule has 0 aromatic heterocycles. The molecule has 4 amide bonds. The highest BCUT2D eigenvalue weighted by molar-refractivity contribution is 6.00. The van der Waals surface area contributed by atoms with Crippen molar-refractivity contribution in [1.29, 1.82) is 0 Å². The van der Waals surface area contributed by atoms with Crippen LogP contribution in [0, 0.1) is 12.5 Å². The number of nitrogens with two attached hydrogens (primary N) is 1. The summed E-state index contributed by atoms with van der Waals surface area (Å²) in [4.78, 5) is 52.1. The van der Waals surface area contributed by atoms with E-state index in [0.29, 0.717) is 22.6 Å². The molecule has 4 N–H and O–H groups in total. The van der Waals surface area contributed by atoms with Gasteiger partial charge in [-0.3, -0.25) is 19.3 Å². The highest BCUT2D eigenvalue weighted by atomic mass is 16.6. The van der Waals surface area contributed by atoms with Crippen LogP contribution in [0.2, 0.25) is 0 Å². The van der Waals surface area contributed by atoms with Crippen LogP contribution >= 0.6 is 0 Å². The first-order valence-corrected chi connectivity index (χ1v) is 11.6. The van der Waals surface area contributed by atoms with Gasteiger partial charge in [-0.1, -0.05) is 37.3 Å². The Labute approximate surface area is 222 Å². The molecule has 2 unspecified atom stereocenters. The molecule has 0 radical (unpaired) electrons. The van der Waals surface area contributed by atoms with Crippen molar-refractivity contribution in [3.63, 3.8) is 0 Å². The second-order valence-electron chi connectivity index (χ2n) is 9.20. The molecule has 38 heavy (non-hydrogen) atoms. The Kier molecular flexibility index (Phi) is 10.0. The zero-order valence-corrected chi connectivity index (χ0v) is 21.8. The van der Waals surface area contributed by atoms with Gasteiger partial charge >= 0.3 is 6.09 Å². The second-order valence-corrected chi connectivity index (χ2v) is 9.20. The smallest absolute Gasteiger partial charge is 0.408 e. The lowest BCUT2D eigenvalue weighted by Gasteiger charge is -2.30. The third kappa shape index (κ3) is 8.41. The first-order valence-electron chi connectivity index (χ1n) is 11.6. The van der Waals surface area contributed by atoms with Gasteiger partial charge in [0.15, 0.2) is 0 Å². The molecule has 10 nitrogen and oxygen atoms in total. The van der Waals surface area contributed by atoms with Crippen LogP contribution in [0.3, 0.4) is 0 Å². The van der Waals surface area contributed by atoms with Crippen molar-refractivity contribution >= 4 is 35.6 Å². The summed E-state index contributed by atoms with van der Waals surface area (Å²) in [6.45, 7) is 8.65. The number of benzene rings is 2. The maximum atomic E-state index is 13.6. The number of carbonyl (C=O) groups is 4. The molecule has 2 aromatic carbocycles. The molecule has 0 spiro atoms. The van der Waals surface area contributed by atoms with Gasteiger partial charge in [0.05, 0.1) is 13.5 Å². The second kappa shape index (κ2) is 13.0. The Balaban J connectivity index is 2.49. The Bertz CT molecular complexity index is 1230. The van der Waals surface area contributed by atoms with Crippen molar-refractivity contribution in [2.24, 2.45) is 5.73 Å². The molecule has 0 aliphatic heterocycles. The van der Waals surface area contributed by atoms with Gasteiger partial charge in [-0.05, 0) is 62.2 Å². The Morgan fingerprint density at radius 2 is 1.82 bits per heavy atom. The summed E-state index contributed by atoms with van der Waals surface area (Å²) in [5.41, 5.74) is 5.93. The van der Waals surface area contributed by atoms with Crippen LogP contribution in [0.25, 0.3) is 6.08 Å². The SMILES string of the molecule is C#CN(C(=O)C(CC(N)=O)NC(=O)OC(C)(C)C)C(C(=O)Nc1ccc(OC)cc1)c1cccc(C=C)c1. The zero-order valence-electron chi connectivity index (χ0n) is 21.8. The molecule has 0 heterocycles. The number of primary amides is 1. The number of amides is 4. The Morgan fingerprint density at radius 1 is 1.16 bits per heavy atom. The third-order valence-corrected chi connectivity index (χ3v) is 5.10. The Morgan fingerprint density at radius 3 is 2.34 bits per heavy atom. The number of alkyl carbamates (subject to hydrolysis) is 1. The third-order valence-electron chi connectivity index (χ3n) is 5.10. The monoisotopic (exact) mass is 520 g/mol. The van der Waals surface area contributed by atoms with Crippen molar-refractivity contribution in [3.05, 3.63) is 66.2 Å². The topological polar surface area (TPSA) is 140 Å². The molecular weight excluding hydrogens is 488 g/mol. The van der Waals surface area contributed by atoms with E-state index in [2.05, 4.69) is 23.3 Å². The molecule has 0 saturated heterocycles. The summed E-state index contributed by atoms with van der Waals surface area (Å²) < 4.78 is 10.3. The summed E-state index contributed by atoms with van der Waals surface area (Å²) >= 11 is 0. The number of nitrogens with zero attached hydrogens (tertiary/aromatic N) is 1. The largest absolute Gasteiger partial charge is 0.497 e. The van der Waals surface area contributed by atoms with Crippen LogP contribution in [0.1, 0.15) is 44.4 Å². The predicted molar refractivity (Wildman–Crippen MR) is 144 cm³/mol. The fourth-order valence-corrected chi connectivity index (χ4v) is 3.44. The van der Waals surface area contributed by atoms with E-state index >= 15 is 0 Å². The number of ether oxygens (including phenoxy) is 2. The van der Waals surface area contributed by atoms with Crippen molar-refractivity contribution in [3.8, 4) is 18.2 Å². The maximum Gasteiger partial charge on any atom is 0.408 e. The molecule has 10 heteroatoms. The lowest BCUT2D eigenvalue weighted by atomic mass is 10.00. The van der Waals surface area contributed by atoms with Crippen LogP contribution in [0.15, 0.2) is 55.1 Å². The first kappa shape index (κ1) is 29.5. The highest BCUT2D eigenvalue weighted by Gasteiger charge is 2.36. The predicted octanol–water partition coefficient (Wildman–Crippen LogP) is 3.21. The molecule has 2 aromatic rings. The zero-order chi connectivity index (χ0) is 28.5. The number of terminal acetylenes is 1. The first-order chi connectivity index (χ1) is 17.9. The van der Waals surface area contributed by atoms with Crippen LogP contribution in [0.4, 0.5) is 10.5 Å². The van der Waals surface area contributed by atoms with Gasteiger partial charge in [0, 0.05) is 11.7 Å². The summed E-state index contributed by atoms with van der Waals surface area (Å²) in [5, 5.41) is 5.08. The lowest BCUT2D eigenvalue weighted by Crippen LogP contribution is -2.52. The van der Waals surface area contributed by atoms with E-state index < -0.39 is 47.9 Å². The van der Waals surface area contributed by atoms with Crippen molar-refractivity contribution in [2.45, 2.75) is 44.9 Å². The van der Waals surface area contributed by atoms with Gasteiger partial charge in [-0.15, -0.1) is 0 Å². The summed E-state index contributed by atoms with van der Waals surface area (Å²) in [7, 11) is 1.51. The van der Waals surface area contributed by atoms with Crippen molar-refractivity contribution in [1.82, 2.24) is 10.2 Å². The quantitative estimate of drug-likeness (QED) is 0.325. The molecular formula is C28H32N4O6. The molecule has 0 aliphatic carbocycles. The number of hydrogen-bond acceptors (Lipinski definition) is 6. The van der Waals surface area contributed by atoms with Crippen LogP contribution < -0.4 is 21.1 Å². The number of anilines is 1. The van der Waals surface area contributed by atoms with Gasteiger partial charge in [-0.25, -0.2) is 4.79 Å². The standard InChI is InChI=1S/C28H32N4O6/c1-7-18-10-9-11-19(16-18)24(25(34)30-20-12-14-21(37-6)15-13-20)32(8-2)26(35)22(17-23(29)33)31-27(36)38-28(3,4)5/h2,7,9-16,22,24H,1,17H2,3-6H3,(H2,29,33)(H,30,34)(H,31,36). The number of carbonyl (C=O) groups excluding carboxylic acids is 4. The van der Waals surface area contributed by atoms with Gasteiger partial charge < -0.3 is 25.8 Å². The summed E-state index contributed by atoms with van der Waals surface area (Å²) in [5.74, 6) is -1.83. The number of rotatable bonds is 10. The highest BCUT2D eigenvalue weighted by Crippen LogP contribution is 2.26. The number of nitrogens with one attached hydrogen (secondary N) is 2. The van der Waals surface area contributed by atoms with E-state index in [1.54, 1.807) is 75.4 Å². The average molecular weight is 521 g/mol. The minimum absolute atomic E-state index is 0.370. The average Bonchev–Trinajstić information content (AvgIpc) is 2.85. The minimum Gasteiger partial charge on any atom is -0.497 e. The van der Waals surface area contributed by atoms with Gasteiger partial charge in [0.25, 0.3) is 11.8 Å². The van der Waals surface area contributed by atoms with Crippen LogP contribution in [-0.4, -0.2) is 47.5 Å². The van der Waals surface area contributed by atoms with E-state index in [4.69, 9.17) is 21.6 Å². The van der Waals surface area contributed by atoms with Crippen LogP contribution in [0.5, 0.6) is 5.75 Å². The molecule has 2 atom stereocenters. The van der Waals surface area contributed by atoms with Gasteiger partial charge in [0.2, 0.25) is 5.91 Å². The molecule has 0 bridgehead atoms. The molecule has 2 rings (SSSR count). The van der Waals surface area contributed by atoms with E-state index in [-0.39, 0.29) is 0 Å². The van der Waals surface area contributed by atoms with E-state index in [9.17, 15) is 19.2 Å². The van der Waals surface area contributed by atoms with Gasteiger partial charge in [-0.2, -0.15) is 0 Å². The lowest BCUT2D eigenvalue weighted by molar-refractivity contribution is -0.138. The van der Waals surface area contributed by atoms with E-state index in [1.807, 2.05) is 0 Å². The fraction of sp³-hybridized carbons (Fsp3) is 0.286. The molecule has 0 fully saturated rings. The summed E-state index contributed by atoms with van der Waals surface area (Å²) in [6, 6.07) is 12.7. The minimum atomic E-state index is -1.49. The van der Waals surface area contributed by atoms with E-state index in [1.165, 1.54) is 7.11 Å². The van der Waals surface area contributed by atoms with E-state index in [0.717, 1.165) is 4.90 Å². The van der Waals surface area contributed by atoms with Gasteiger partial charge in [0.1, 0.15) is 23.4 Å². The van der Waals surface area contributed by atoms with Crippen LogP contribution in [-0.2, 0) is 19.1 Å². The molecule has 0 aliphatic rings. The number of hydrogen-bond donors (Lipinski definition) is 3.